The monoisotopic (exact) mass is 327 g/mol. The van der Waals surface area contributed by atoms with Crippen LogP contribution in [0.1, 0.15) is 13.3 Å². The summed E-state index contributed by atoms with van der Waals surface area (Å²) in [7, 11) is 0. The van der Waals surface area contributed by atoms with Gasteiger partial charge in [-0.05, 0) is 13.0 Å². The fourth-order valence-corrected chi connectivity index (χ4v) is 1.44. The molecule has 0 heterocycles. The molecular weight excluding hydrogens is 314 g/mol. The van der Waals surface area contributed by atoms with Crippen molar-refractivity contribution in [3.8, 4) is 0 Å². The normalized spacial score (nSPS) is 12.4. The van der Waals surface area contributed by atoms with Crippen LogP contribution in [0.5, 0.6) is 0 Å². The fraction of sp³-hybridized carbons (Fsp3) is 0.500. The predicted molar refractivity (Wildman–Crippen MR) is 54.8 cm³/mol. The third-order valence-electron chi connectivity index (χ3n) is 2.18. The maximum Gasteiger partial charge on any atom is 2.00 e. The Morgan fingerprint density at radius 2 is 2.12 bits per heavy atom. The summed E-state index contributed by atoms with van der Waals surface area (Å²) >= 11 is 0. The number of hydrogen-bond donors (Lipinski definition) is 1. The van der Waals surface area contributed by atoms with Gasteiger partial charge < -0.3 is 40.4 Å². The third-order valence-corrected chi connectivity index (χ3v) is 2.18. The first-order valence-electron chi connectivity index (χ1n) is 4.76. The molecule has 0 spiro atoms. The van der Waals surface area contributed by atoms with Crippen LogP contribution < -0.4 is 24.8 Å². The maximum absolute atomic E-state index is 8.85. The van der Waals surface area contributed by atoms with Gasteiger partial charge in [0.2, 0.25) is 0 Å². The molecule has 0 aromatic heterocycles. The Morgan fingerprint density at radius 3 is 2.59 bits per heavy atom. The largest absolute Gasteiger partial charge is 2.00 e. The van der Waals surface area contributed by atoms with Crippen LogP contribution >= 0.6 is 0 Å². The fourth-order valence-electron chi connectivity index (χ4n) is 1.44. The molecule has 17 heavy (non-hydrogen) atoms. The second-order valence-electron chi connectivity index (χ2n) is 3.07. The van der Waals surface area contributed by atoms with E-state index in [1.807, 2.05) is 30.1 Å². The van der Waals surface area contributed by atoms with Gasteiger partial charge in [-0.25, -0.2) is 0 Å². The van der Waals surface area contributed by atoms with Gasteiger partial charge in [0.05, 0.1) is 13.0 Å². The first kappa shape index (κ1) is 22.0. The smallest absolute Gasteiger partial charge is 1.00 e. The number of nitrogens with zero attached hydrogens (tertiary/aromatic N) is 3. The zero-order valence-electron chi connectivity index (χ0n) is 9.81. The molecule has 0 amide bonds. The standard InChI is InChI=1S/C10H15N3O.2ClH.Zn/c1-2-13(6-7-14)10-5-3-4-9(8-10)12-11;;;/h3,5,8,14H,2,4,6-7H2,1H3;2*1H;/q;;;+2/p-2. The number of aliphatic hydroxyl groups is 1. The summed E-state index contributed by atoms with van der Waals surface area (Å²) in [6.07, 6.45) is 6.42. The van der Waals surface area contributed by atoms with Crippen LogP contribution in [0.2, 0.25) is 0 Å². The van der Waals surface area contributed by atoms with Crippen LogP contribution in [-0.2, 0) is 19.5 Å². The van der Waals surface area contributed by atoms with Crippen LogP contribution in [0.4, 0.5) is 0 Å². The van der Waals surface area contributed by atoms with Gasteiger partial charge in [-0.3, -0.25) is 0 Å². The number of likely N-dealkylation sites (N-methyl/N-ethyl adjacent to an activating group) is 1. The summed E-state index contributed by atoms with van der Waals surface area (Å²) in [4.78, 5) is 5.20. The van der Waals surface area contributed by atoms with Crippen molar-refractivity contribution in [1.29, 1.82) is 0 Å². The molecule has 1 aliphatic carbocycles. The molecule has 1 rings (SSSR count). The van der Waals surface area contributed by atoms with Crippen molar-refractivity contribution in [3.05, 3.63) is 29.5 Å². The molecule has 0 atom stereocenters. The van der Waals surface area contributed by atoms with Gasteiger partial charge in [-0.1, -0.05) is 6.08 Å². The van der Waals surface area contributed by atoms with Gasteiger partial charge in [-0.15, -0.1) is 0 Å². The topological polar surface area (TPSA) is 59.9 Å². The molecule has 0 fully saturated rings. The van der Waals surface area contributed by atoms with Crippen molar-refractivity contribution in [1.82, 2.24) is 4.90 Å². The number of allylic oxidation sites excluding steroid dienone is 3. The van der Waals surface area contributed by atoms with Crippen molar-refractivity contribution in [2.75, 3.05) is 19.7 Å². The van der Waals surface area contributed by atoms with Gasteiger partial charge in [0.1, 0.15) is 0 Å². The average Bonchev–Trinajstić information content (AvgIpc) is 2.26. The first-order chi connectivity index (χ1) is 6.81. The van der Waals surface area contributed by atoms with Crippen molar-refractivity contribution in [3.63, 3.8) is 0 Å². The zero-order chi connectivity index (χ0) is 10.4. The van der Waals surface area contributed by atoms with E-state index in [4.69, 9.17) is 10.6 Å². The molecule has 4 nitrogen and oxygen atoms in total. The van der Waals surface area contributed by atoms with Gasteiger partial charge >= 0.3 is 19.5 Å². The second-order valence-corrected chi connectivity index (χ2v) is 3.07. The summed E-state index contributed by atoms with van der Waals surface area (Å²) in [6.45, 7) is 3.58. The Morgan fingerprint density at radius 1 is 1.47 bits per heavy atom. The first-order valence-corrected chi connectivity index (χ1v) is 4.76. The van der Waals surface area contributed by atoms with Crippen LogP contribution in [0.25, 0.3) is 5.53 Å². The van der Waals surface area contributed by atoms with E-state index >= 15 is 0 Å². The minimum atomic E-state index is 0. The number of hydrogen-bond acceptors (Lipinski definition) is 2. The van der Waals surface area contributed by atoms with Crippen LogP contribution in [0.3, 0.4) is 0 Å². The van der Waals surface area contributed by atoms with E-state index < -0.39 is 0 Å². The summed E-state index contributed by atoms with van der Waals surface area (Å²) in [5.74, 6) is 0. The van der Waals surface area contributed by atoms with E-state index in [9.17, 15) is 0 Å². The average molecular weight is 330 g/mol. The molecule has 0 aromatic rings. The summed E-state index contributed by atoms with van der Waals surface area (Å²) < 4.78 is 0. The Labute approximate surface area is 127 Å². The van der Waals surface area contributed by atoms with Gasteiger partial charge in [0, 0.05) is 24.9 Å². The SMILES string of the molecule is CCN(CCO)C1=CC(=[N+]=[N-])CC=C1.[Cl-].[Cl-].[Zn+2]. The Bertz CT molecular complexity index is 315. The number of aliphatic hydroxyl groups excluding tert-OH is 1. The minimum Gasteiger partial charge on any atom is -1.00 e. The maximum atomic E-state index is 8.85. The number of halogens is 2. The third kappa shape index (κ3) is 6.97. The molecule has 7 heteroatoms. The van der Waals surface area contributed by atoms with Gasteiger partial charge in [0.25, 0.3) is 5.71 Å². The molecule has 0 bridgehead atoms. The van der Waals surface area contributed by atoms with Crippen molar-refractivity contribution < 1.29 is 54.2 Å². The molecule has 1 aliphatic rings. The zero-order valence-corrected chi connectivity index (χ0v) is 14.3. The number of rotatable bonds is 4. The van der Waals surface area contributed by atoms with Crippen molar-refractivity contribution in [2.24, 2.45) is 0 Å². The predicted octanol–water partition coefficient (Wildman–Crippen LogP) is -5.18. The van der Waals surface area contributed by atoms with Gasteiger partial charge in [0.15, 0.2) is 0 Å². The minimum absolute atomic E-state index is 0. The van der Waals surface area contributed by atoms with Crippen LogP contribution in [0, 0.1) is 0 Å². The summed E-state index contributed by atoms with van der Waals surface area (Å²) in [5, 5.41) is 8.85. The molecule has 0 aromatic carbocycles. The Kier molecular flexibility index (Phi) is 15.9. The van der Waals surface area contributed by atoms with E-state index in [2.05, 4.69) is 4.79 Å². The molecule has 0 saturated carbocycles. The van der Waals surface area contributed by atoms with Crippen molar-refractivity contribution >= 4 is 5.71 Å². The molecule has 0 aliphatic heterocycles. The van der Waals surface area contributed by atoms with E-state index in [1.165, 1.54) is 0 Å². The van der Waals surface area contributed by atoms with E-state index in [0.717, 1.165) is 12.2 Å². The molecule has 0 unspecified atom stereocenters. The second kappa shape index (κ2) is 12.3. The van der Waals surface area contributed by atoms with Crippen LogP contribution in [-0.4, -0.2) is 40.2 Å². The summed E-state index contributed by atoms with van der Waals surface area (Å²) in [5.41, 5.74) is 10.3. The van der Waals surface area contributed by atoms with E-state index in [1.54, 1.807) is 0 Å². The molecule has 1 N–H and O–H groups in total. The van der Waals surface area contributed by atoms with E-state index in [0.29, 0.717) is 18.7 Å². The Balaban J connectivity index is -0.000000653. The molecule has 92 valence electrons. The molecule has 0 saturated heterocycles. The van der Waals surface area contributed by atoms with Crippen molar-refractivity contribution in [2.45, 2.75) is 13.3 Å². The summed E-state index contributed by atoms with van der Waals surface area (Å²) in [6, 6.07) is 0. The quantitative estimate of drug-likeness (QED) is 0.318. The van der Waals surface area contributed by atoms with Gasteiger partial charge in [-0.2, -0.15) is 4.79 Å². The molecular formula is C10H15Cl2N3OZn. The molecule has 0 radical (unpaired) electrons. The van der Waals surface area contributed by atoms with E-state index in [-0.39, 0.29) is 50.9 Å². The Hall–Kier alpha value is -0.177. The van der Waals surface area contributed by atoms with Crippen LogP contribution in [0.15, 0.2) is 23.9 Å².